The molecule has 0 atom stereocenters. The molecule has 166 valence electrons. The van der Waals surface area contributed by atoms with E-state index in [-0.39, 0.29) is 18.4 Å². The minimum absolute atomic E-state index is 0.0753. The summed E-state index contributed by atoms with van der Waals surface area (Å²) in [6, 6.07) is 0. The highest BCUT2D eigenvalue weighted by Crippen LogP contribution is 2.38. The second kappa shape index (κ2) is 8.69. The molecular formula is C23H32N6O2. The third-order valence-corrected chi connectivity index (χ3v) is 6.51. The molecule has 0 bridgehead atoms. The number of pyridine rings is 1. The van der Waals surface area contributed by atoms with Gasteiger partial charge in [-0.05, 0) is 39.5 Å². The number of carbonyl (C=O) groups excluding carboxylic acids is 1. The first-order chi connectivity index (χ1) is 14.9. The van der Waals surface area contributed by atoms with Gasteiger partial charge < -0.3 is 20.3 Å². The lowest BCUT2D eigenvalue weighted by molar-refractivity contribution is -0.117. The SMILES string of the molecule is COc1c(C)cnc(CN2CC(=O)N(CC3CCCCC3)c3c(C)nc(N)nc32)c1C. The maximum atomic E-state index is 13.3. The molecule has 2 aliphatic rings. The summed E-state index contributed by atoms with van der Waals surface area (Å²) in [5.41, 5.74) is 10.3. The average molecular weight is 425 g/mol. The fourth-order valence-electron chi connectivity index (χ4n) is 4.92. The second-order valence-corrected chi connectivity index (χ2v) is 8.75. The quantitative estimate of drug-likeness (QED) is 0.786. The summed E-state index contributed by atoms with van der Waals surface area (Å²) in [5, 5.41) is 0. The summed E-state index contributed by atoms with van der Waals surface area (Å²) in [5.74, 6) is 2.36. The third kappa shape index (κ3) is 4.16. The van der Waals surface area contributed by atoms with E-state index in [1.165, 1.54) is 32.1 Å². The number of aryl methyl sites for hydroxylation is 2. The molecule has 4 rings (SSSR count). The van der Waals surface area contributed by atoms with Crippen LogP contribution in [-0.4, -0.2) is 41.1 Å². The smallest absolute Gasteiger partial charge is 0.246 e. The Hall–Kier alpha value is -2.90. The number of hydrogen-bond donors (Lipinski definition) is 1. The molecule has 2 N–H and O–H groups in total. The van der Waals surface area contributed by atoms with Crippen LogP contribution in [0.1, 0.15) is 54.6 Å². The fourth-order valence-corrected chi connectivity index (χ4v) is 4.92. The Morgan fingerprint density at radius 1 is 1.16 bits per heavy atom. The van der Waals surface area contributed by atoms with E-state index in [9.17, 15) is 4.79 Å². The van der Waals surface area contributed by atoms with Crippen molar-refractivity contribution in [3.05, 3.63) is 28.7 Å². The van der Waals surface area contributed by atoms with Crippen molar-refractivity contribution in [1.82, 2.24) is 15.0 Å². The highest BCUT2D eigenvalue weighted by molar-refractivity contribution is 6.03. The normalized spacial score (nSPS) is 17.1. The molecule has 2 aromatic heterocycles. The first-order valence-electron chi connectivity index (χ1n) is 11.1. The predicted molar refractivity (Wildman–Crippen MR) is 121 cm³/mol. The molecular weight excluding hydrogens is 392 g/mol. The molecule has 1 amide bonds. The molecule has 8 nitrogen and oxygen atoms in total. The predicted octanol–water partition coefficient (Wildman–Crippen LogP) is 3.32. The van der Waals surface area contributed by atoms with Crippen LogP contribution in [0.5, 0.6) is 5.75 Å². The van der Waals surface area contributed by atoms with Crippen LogP contribution in [0.2, 0.25) is 0 Å². The summed E-state index contributed by atoms with van der Waals surface area (Å²) in [7, 11) is 1.67. The van der Waals surface area contributed by atoms with Crippen molar-refractivity contribution in [2.45, 2.75) is 59.4 Å². The number of rotatable bonds is 5. The van der Waals surface area contributed by atoms with Crippen molar-refractivity contribution in [1.29, 1.82) is 0 Å². The lowest BCUT2D eigenvalue weighted by Crippen LogP contribution is -2.48. The van der Waals surface area contributed by atoms with Crippen LogP contribution in [0.25, 0.3) is 0 Å². The fraction of sp³-hybridized carbons (Fsp3) is 0.565. The van der Waals surface area contributed by atoms with Crippen molar-refractivity contribution < 1.29 is 9.53 Å². The first-order valence-corrected chi connectivity index (χ1v) is 11.1. The van der Waals surface area contributed by atoms with E-state index in [0.717, 1.165) is 40.5 Å². The maximum absolute atomic E-state index is 13.3. The largest absolute Gasteiger partial charge is 0.496 e. The van der Waals surface area contributed by atoms with Crippen LogP contribution >= 0.6 is 0 Å². The number of carbonyl (C=O) groups is 1. The first kappa shape index (κ1) is 21.3. The Bertz CT molecular complexity index is 987. The summed E-state index contributed by atoms with van der Waals surface area (Å²) >= 11 is 0. The van der Waals surface area contributed by atoms with Gasteiger partial charge in [-0.3, -0.25) is 9.78 Å². The van der Waals surface area contributed by atoms with E-state index in [4.69, 9.17) is 10.5 Å². The number of nitrogen functional groups attached to an aromatic ring is 1. The summed E-state index contributed by atoms with van der Waals surface area (Å²) in [6.45, 7) is 7.29. The van der Waals surface area contributed by atoms with Gasteiger partial charge in [-0.15, -0.1) is 0 Å². The number of amides is 1. The second-order valence-electron chi connectivity index (χ2n) is 8.75. The van der Waals surface area contributed by atoms with E-state index >= 15 is 0 Å². The molecule has 0 unspecified atom stereocenters. The van der Waals surface area contributed by atoms with Gasteiger partial charge in [0.05, 0.1) is 31.6 Å². The van der Waals surface area contributed by atoms with Crippen LogP contribution < -0.4 is 20.3 Å². The molecule has 1 aliphatic heterocycles. The maximum Gasteiger partial charge on any atom is 0.246 e. The van der Waals surface area contributed by atoms with Crippen molar-refractivity contribution in [3.63, 3.8) is 0 Å². The van der Waals surface area contributed by atoms with E-state index in [2.05, 4.69) is 15.0 Å². The number of methoxy groups -OCH3 is 1. The van der Waals surface area contributed by atoms with E-state index in [1.54, 1.807) is 7.11 Å². The number of fused-ring (bicyclic) bond motifs is 1. The number of nitrogens with two attached hydrogens (primary N) is 1. The zero-order valence-electron chi connectivity index (χ0n) is 18.9. The van der Waals surface area contributed by atoms with E-state index in [0.29, 0.717) is 18.3 Å². The zero-order valence-corrected chi connectivity index (χ0v) is 18.9. The molecule has 3 heterocycles. The van der Waals surface area contributed by atoms with Gasteiger partial charge in [0.25, 0.3) is 0 Å². The molecule has 1 aliphatic carbocycles. The lowest BCUT2D eigenvalue weighted by Gasteiger charge is -2.39. The molecule has 2 aromatic rings. The van der Waals surface area contributed by atoms with Crippen LogP contribution in [0.4, 0.5) is 17.5 Å². The van der Waals surface area contributed by atoms with Crippen LogP contribution in [0.3, 0.4) is 0 Å². The number of hydrogen-bond acceptors (Lipinski definition) is 7. The van der Waals surface area contributed by atoms with E-state index in [1.807, 2.05) is 36.8 Å². The highest BCUT2D eigenvalue weighted by Gasteiger charge is 2.35. The van der Waals surface area contributed by atoms with Gasteiger partial charge in [0, 0.05) is 23.9 Å². The number of aromatic nitrogens is 3. The topological polar surface area (TPSA) is 97.5 Å². The minimum Gasteiger partial charge on any atom is -0.496 e. The van der Waals surface area contributed by atoms with Gasteiger partial charge in [0.15, 0.2) is 5.82 Å². The van der Waals surface area contributed by atoms with Gasteiger partial charge in [-0.25, -0.2) is 4.98 Å². The molecule has 0 radical (unpaired) electrons. The molecule has 31 heavy (non-hydrogen) atoms. The molecule has 1 fully saturated rings. The molecule has 0 aromatic carbocycles. The third-order valence-electron chi connectivity index (χ3n) is 6.51. The molecule has 1 saturated carbocycles. The summed E-state index contributed by atoms with van der Waals surface area (Å²) < 4.78 is 5.56. The highest BCUT2D eigenvalue weighted by atomic mass is 16.5. The summed E-state index contributed by atoms with van der Waals surface area (Å²) in [6.07, 6.45) is 7.92. The van der Waals surface area contributed by atoms with Crippen molar-refractivity contribution >= 4 is 23.4 Å². The monoisotopic (exact) mass is 424 g/mol. The van der Waals surface area contributed by atoms with Gasteiger partial charge in [-0.2, -0.15) is 4.98 Å². The van der Waals surface area contributed by atoms with Crippen molar-refractivity contribution in [2.75, 3.05) is 35.7 Å². The molecule has 0 saturated heterocycles. The lowest BCUT2D eigenvalue weighted by atomic mass is 9.88. The zero-order chi connectivity index (χ0) is 22.1. The molecule has 8 heteroatoms. The minimum atomic E-state index is 0.0753. The Morgan fingerprint density at radius 2 is 1.90 bits per heavy atom. The van der Waals surface area contributed by atoms with Crippen LogP contribution in [-0.2, 0) is 11.3 Å². The van der Waals surface area contributed by atoms with Gasteiger partial charge in [-0.1, -0.05) is 19.3 Å². The van der Waals surface area contributed by atoms with Crippen molar-refractivity contribution in [2.24, 2.45) is 5.92 Å². The van der Waals surface area contributed by atoms with Gasteiger partial charge in [0.2, 0.25) is 11.9 Å². The average Bonchev–Trinajstić information content (AvgIpc) is 2.74. The van der Waals surface area contributed by atoms with Gasteiger partial charge in [0.1, 0.15) is 11.4 Å². The number of nitrogens with zero attached hydrogens (tertiary/aromatic N) is 5. The Morgan fingerprint density at radius 3 is 2.61 bits per heavy atom. The van der Waals surface area contributed by atoms with Crippen LogP contribution in [0, 0.1) is 26.7 Å². The summed E-state index contributed by atoms with van der Waals surface area (Å²) in [4.78, 5) is 30.7. The van der Waals surface area contributed by atoms with Crippen LogP contribution in [0.15, 0.2) is 6.20 Å². The Kier molecular flexibility index (Phi) is 5.98. The van der Waals surface area contributed by atoms with Gasteiger partial charge >= 0.3 is 0 Å². The standard InChI is InChI=1S/C23H32N6O2/c1-14-10-25-18(15(2)21(14)31-4)12-28-13-19(30)29(11-17-8-6-5-7-9-17)20-16(3)26-23(24)27-22(20)28/h10,17H,5-9,11-13H2,1-4H3,(H2,24,26,27). The number of anilines is 3. The van der Waals surface area contributed by atoms with Crippen molar-refractivity contribution in [3.8, 4) is 5.75 Å². The number of ether oxygens (including phenoxy) is 1. The Labute approximate surface area is 183 Å². The van der Waals surface area contributed by atoms with E-state index < -0.39 is 0 Å². The molecule has 0 spiro atoms. The Balaban J connectivity index is 1.69.